The smallest absolute Gasteiger partial charge is 0.221 e. The minimum absolute atomic E-state index is 0.0642. The van der Waals surface area contributed by atoms with Crippen molar-refractivity contribution in [2.75, 3.05) is 12.3 Å². The Morgan fingerprint density at radius 2 is 1.96 bits per heavy atom. The van der Waals surface area contributed by atoms with Crippen LogP contribution < -0.4 is 5.32 Å². The van der Waals surface area contributed by atoms with Crippen molar-refractivity contribution in [1.29, 1.82) is 0 Å². The minimum atomic E-state index is -3.44. The third-order valence-corrected chi connectivity index (χ3v) is 6.73. The molecule has 9 heteroatoms. The molecule has 0 fully saturated rings. The Morgan fingerprint density at radius 3 is 2.64 bits per heavy atom. The molecule has 3 rings (SSSR count). The number of nitrogens with one attached hydrogen (secondary N) is 1. The third kappa shape index (κ3) is 5.05. The van der Waals surface area contributed by atoms with Crippen LogP contribution in [-0.4, -0.2) is 41.4 Å². The molecule has 2 heterocycles. The molecule has 0 aliphatic heterocycles. The van der Waals surface area contributed by atoms with Gasteiger partial charge in [0, 0.05) is 30.5 Å². The van der Waals surface area contributed by atoms with Gasteiger partial charge in [0.05, 0.1) is 22.0 Å². The highest BCUT2D eigenvalue weighted by Gasteiger charge is 2.16. The van der Waals surface area contributed by atoms with Crippen molar-refractivity contribution >= 4 is 27.1 Å². The van der Waals surface area contributed by atoms with Crippen LogP contribution in [0.15, 0.2) is 46.7 Å². The Balaban J connectivity index is 1.46. The Bertz CT molecular complexity index is 1060. The van der Waals surface area contributed by atoms with Crippen molar-refractivity contribution in [3.8, 4) is 5.13 Å². The van der Waals surface area contributed by atoms with E-state index in [-0.39, 0.29) is 23.0 Å². The second kappa shape index (κ2) is 8.66. The predicted molar refractivity (Wildman–Crippen MR) is 109 cm³/mol. The van der Waals surface area contributed by atoms with Crippen LogP contribution >= 0.6 is 11.3 Å². The van der Waals surface area contributed by atoms with E-state index >= 15 is 0 Å². The fourth-order valence-electron chi connectivity index (χ4n) is 2.72. The zero-order valence-electron chi connectivity index (χ0n) is 15.8. The number of carbonyl (C=O) groups is 1. The normalized spacial score (nSPS) is 11.5. The molecule has 148 valence electrons. The molecule has 0 bridgehead atoms. The van der Waals surface area contributed by atoms with Gasteiger partial charge in [-0.25, -0.2) is 18.1 Å². The van der Waals surface area contributed by atoms with Crippen LogP contribution in [0.2, 0.25) is 0 Å². The summed E-state index contributed by atoms with van der Waals surface area (Å²) < 4.78 is 26.2. The molecule has 1 amide bonds. The highest BCUT2D eigenvalue weighted by atomic mass is 32.2. The van der Waals surface area contributed by atoms with Crippen molar-refractivity contribution in [3.63, 3.8) is 0 Å². The van der Waals surface area contributed by atoms with Crippen LogP contribution in [-0.2, 0) is 21.1 Å². The van der Waals surface area contributed by atoms with Gasteiger partial charge < -0.3 is 5.32 Å². The van der Waals surface area contributed by atoms with Gasteiger partial charge in [0.25, 0.3) is 0 Å². The molecule has 0 aliphatic carbocycles. The molecular weight excluding hydrogens is 396 g/mol. The average molecular weight is 419 g/mol. The predicted octanol–water partition coefficient (Wildman–Crippen LogP) is 2.47. The fraction of sp³-hybridized carbons (Fsp3) is 0.316. The first-order valence-electron chi connectivity index (χ1n) is 8.88. The van der Waals surface area contributed by atoms with Crippen LogP contribution in [0.1, 0.15) is 23.5 Å². The van der Waals surface area contributed by atoms with E-state index in [9.17, 15) is 13.2 Å². The first-order valence-corrected chi connectivity index (χ1v) is 11.4. The van der Waals surface area contributed by atoms with Crippen LogP contribution in [0, 0.1) is 13.8 Å². The van der Waals surface area contributed by atoms with Gasteiger partial charge in [0.2, 0.25) is 11.0 Å². The highest BCUT2D eigenvalue weighted by Crippen LogP contribution is 2.17. The van der Waals surface area contributed by atoms with E-state index in [4.69, 9.17) is 0 Å². The lowest BCUT2D eigenvalue weighted by Gasteiger charge is -2.06. The van der Waals surface area contributed by atoms with Crippen LogP contribution in [0.25, 0.3) is 5.13 Å². The van der Waals surface area contributed by atoms with E-state index in [0.717, 1.165) is 22.2 Å². The number of hydrogen-bond acceptors (Lipinski definition) is 6. The summed E-state index contributed by atoms with van der Waals surface area (Å²) in [6.07, 6.45) is 0.512. The quantitative estimate of drug-likeness (QED) is 0.606. The van der Waals surface area contributed by atoms with E-state index in [2.05, 4.69) is 15.4 Å². The van der Waals surface area contributed by atoms with Gasteiger partial charge in [0.15, 0.2) is 9.84 Å². The molecule has 28 heavy (non-hydrogen) atoms. The van der Waals surface area contributed by atoms with Gasteiger partial charge in [0.1, 0.15) is 0 Å². The highest BCUT2D eigenvalue weighted by molar-refractivity contribution is 7.91. The van der Waals surface area contributed by atoms with E-state index in [1.807, 2.05) is 25.3 Å². The SMILES string of the molecule is Cc1cc(C)n(-c2nc(CCNC(=O)CCS(=O)(=O)c3ccccc3)cs2)n1. The fourth-order valence-corrected chi connectivity index (χ4v) is 4.85. The summed E-state index contributed by atoms with van der Waals surface area (Å²) in [6.45, 7) is 4.32. The zero-order chi connectivity index (χ0) is 20.1. The number of carbonyl (C=O) groups excluding carboxylic acids is 1. The molecule has 1 aromatic carbocycles. The Morgan fingerprint density at radius 1 is 1.21 bits per heavy atom. The molecule has 0 aliphatic rings. The van der Waals surface area contributed by atoms with Gasteiger partial charge in [-0.15, -0.1) is 11.3 Å². The van der Waals surface area contributed by atoms with E-state index in [1.165, 1.54) is 23.5 Å². The average Bonchev–Trinajstić information content (AvgIpc) is 3.26. The number of amides is 1. The van der Waals surface area contributed by atoms with Gasteiger partial charge in [-0.1, -0.05) is 18.2 Å². The number of nitrogens with zero attached hydrogens (tertiary/aromatic N) is 3. The molecule has 0 radical (unpaired) electrons. The van der Waals surface area contributed by atoms with Crippen LogP contribution in [0.3, 0.4) is 0 Å². The largest absolute Gasteiger partial charge is 0.356 e. The van der Waals surface area contributed by atoms with Gasteiger partial charge >= 0.3 is 0 Å². The van der Waals surface area contributed by atoms with Gasteiger partial charge in [-0.3, -0.25) is 4.79 Å². The minimum Gasteiger partial charge on any atom is -0.356 e. The molecule has 0 spiro atoms. The molecule has 7 nitrogen and oxygen atoms in total. The van der Waals surface area contributed by atoms with Crippen LogP contribution in [0.5, 0.6) is 0 Å². The summed E-state index contributed by atoms with van der Waals surface area (Å²) in [5.41, 5.74) is 2.82. The van der Waals surface area contributed by atoms with E-state index in [0.29, 0.717) is 13.0 Å². The number of hydrogen-bond donors (Lipinski definition) is 1. The van der Waals surface area contributed by atoms with Crippen LogP contribution in [0.4, 0.5) is 0 Å². The molecule has 3 aromatic rings. The number of sulfone groups is 1. The van der Waals surface area contributed by atoms with Gasteiger partial charge in [-0.2, -0.15) is 5.10 Å². The standard InChI is InChI=1S/C19H22N4O3S2/c1-14-12-15(2)23(22-14)19-21-16(13-27-19)8-10-20-18(24)9-11-28(25,26)17-6-4-3-5-7-17/h3-7,12-13H,8-11H2,1-2H3,(H,20,24). The number of rotatable bonds is 8. The molecule has 0 saturated carbocycles. The summed E-state index contributed by atoms with van der Waals surface area (Å²) in [5, 5.41) is 9.91. The van der Waals surface area contributed by atoms with E-state index < -0.39 is 9.84 Å². The summed E-state index contributed by atoms with van der Waals surface area (Å²) in [7, 11) is -3.44. The summed E-state index contributed by atoms with van der Waals surface area (Å²) in [5.74, 6) is -0.491. The van der Waals surface area contributed by atoms with E-state index in [1.54, 1.807) is 22.9 Å². The Labute approximate surface area is 168 Å². The lowest BCUT2D eigenvalue weighted by molar-refractivity contribution is -0.120. The lowest BCUT2D eigenvalue weighted by atomic mass is 10.3. The monoisotopic (exact) mass is 418 g/mol. The maximum absolute atomic E-state index is 12.2. The molecule has 0 saturated heterocycles. The molecule has 0 unspecified atom stereocenters. The Kier molecular flexibility index (Phi) is 6.25. The second-order valence-corrected chi connectivity index (χ2v) is 9.39. The molecule has 0 atom stereocenters. The molecular formula is C19H22N4O3S2. The summed E-state index contributed by atoms with van der Waals surface area (Å²) in [4.78, 5) is 16.8. The summed E-state index contributed by atoms with van der Waals surface area (Å²) in [6, 6.07) is 10.2. The first kappa shape index (κ1) is 20.2. The topological polar surface area (TPSA) is 94.0 Å². The Hall–Kier alpha value is -2.52. The van der Waals surface area contributed by atoms with Crippen molar-refractivity contribution < 1.29 is 13.2 Å². The van der Waals surface area contributed by atoms with Crippen molar-refractivity contribution in [2.24, 2.45) is 0 Å². The van der Waals surface area contributed by atoms with Crippen molar-refractivity contribution in [3.05, 3.63) is 58.9 Å². The lowest BCUT2D eigenvalue weighted by Crippen LogP contribution is -2.27. The van der Waals surface area contributed by atoms with Crippen molar-refractivity contribution in [1.82, 2.24) is 20.1 Å². The van der Waals surface area contributed by atoms with Crippen molar-refractivity contribution in [2.45, 2.75) is 31.6 Å². The number of aromatic nitrogens is 3. The number of thiazole rings is 1. The zero-order valence-corrected chi connectivity index (χ0v) is 17.4. The second-order valence-electron chi connectivity index (χ2n) is 6.44. The van der Waals surface area contributed by atoms with Gasteiger partial charge in [-0.05, 0) is 32.0 Å². The number of benzene rings is 1. The first-order chi connectivity index (χ1) is 13.3. The maximum Gasteiger partial charge on any atom is 0.221 e. The summed E-state index contributed by atoms with van der Waals surface area (Å²) >= 11 is 1.50. The molecule has 2 aromatic heterocycles. The number of aryl methyl sites for hydroxylation is 2. The third-order valence-electron chi connectivity index (χ3n) is 4.13. The maximum atomic E-state index is 12.2. The molecule has 1 N–H and O–H groups in total.